The Hall–Kier alpha value is -0.995. The zero-order valence-electron chi connectivity index (χ0n) is 12.8. The molecule has 0 atom stereocenters. The number of hydrogen-bond donors (Lipinski definition) is 2. The summed E-state index contributed by atoms with van der Waals surface area (Å²) < 4.78 is 42.2. The van der Waals surface area contributed by atoms with Crippen molar-refractivity contribution in [3.63, 3.8) is 0 Å². The van der Waals surface area contributed by atoms with E-state index in [2.05, 4.69) is 0 Å². The number of aryl methyl sites for hydroxylation is 1. The average molecular weight is 199 g/mol. The summed E-state index contributed by atoms with van der Waals surface area (Å²) in [5.41, 5.74) is -0.198. The highest BCUT2D eigenvalue weighted by atomic mass is 16.5. The Balaban J connectivity index is 3.34. The first-order valence-corrected chi connectivity index (χ1v) is 4.24. The average Bonchev–Trinajstić information content (AvgIpc) is 2.27. The second-order valence-corrected chi connectivity index (χ2v) is 2.72. The summed E-state index contributed by atoms with van der Waals surface area (Å²) in [6, 6.07) is 3.69. The minimum atomic E-state index is -2.87. The van der Waals surface area contributed by atoms with E-state index in [1.54, 1.807) is 6.92 Å². The van der Waals surface area contributed by atoms with Gasteiger partial charge in [0, 0.05) is 6.85 Å². The van der Waals surface area contributed by atoms with Crippen LogP contribution in [-0.4, -0.2) is 23.8 Å². The van der Waals surface area contributed by atoms with E-state index < -0.39 is 20.3 Å². The van der Waals surface area contributed by atoms with E-state index in [1.165, 1.54) is 12.1 Å². The van der Waals surface area contributed by atoms with E-state index in [1.807, 2.05) is 0 Å². The Bertz CT molecular complexity index is 447. The van der Waals surface area contributed by atoms with Crippen LogP contribution >= 0.6 is 0 Å². The molecule has 76 valence electrons. The van der Waals surface area contributed by atoms with Gasteiger partial charge in [0.1, 0.15) is 5.75 Å². The molecule has 0 aliphatic rings. The molecule has 0 aliphatic carbocycles. The number of ether oxygens (including phenoxy) is 1. The second kappa shape index (κ2) is 5.03. The van der Waals surface area contributed by atoms with Gasteiger partial charge in [0.05, 0.1) is 6.61 Å². The molecule has 1 aromatic carbocycles. The molecule has 0 saturated heterocycles. The summed E-state index contributed by atoms with van der Waals surface area (Å²) in [6.45, 7) is -0.864. The summed E-state index contributed by atoms with van der Waals surface area (Å²) in [5.74, 6) is 0.191. The first-order valence-electron chi connectivity index (χ1n) is 6.74. The molecule has 14 heavy (non-hydrogen) atoms. The Kier molecular flexibility index (Phi) is 2.08. The smallest absolute Gasteiger partial charge is 0.488 e. The largest absolute Gasteiger partial charge is 0.494 e. The fourth-order valence-electron chi connectivity index (χ4n) is 1.09. The Morgan fingerprint density at radius 3 is 2.86 bits per heavy atom. The van der Waals surface area contributed by atoms with Crippen molar-refractivity contribution in [1.29, 1.82) is 0 Å². The van der Waals surface area contributed by atoms with Crippen LogP contribution < -0.4 is 10.2 Å². The molecule has 4 heteroatoms. The molecule has 0 spiro atoms. The van der Waals surface area contributed by atoms with Gasteiger partial charge < -0.3 is 14.8 Å². The van der Waals surface area contributed by atoms with E-state index in [0.717, 1.165) is 6.07 Å². The van der Waals surface area contributed by atoms with Crippen LogP contribution in [0.25, 0.3) is 0 Å². The van der Waals surface area contributed by atoms with Gasteiger partial charge in [-0.05, 0) is 36.5 Å². The van der Waals surface area contributed by atoms with E-state index in [9.17, 15) is 0 Å². The zero-order chi connectivity index (χ0) is 14.8. The molecule has 0 unspecified atom stereocenters. The molecule has 0 fully saturated rings. The van der Waals surface area contributed by atoms with Gasteiger partial charge >= 0.3 is 7.12 Å². The Morgan fingerprint density at radius 2 is 2.29 bits per heavy atom. The second-order valence-electron chi connectivity index (χ2n) is 2.72. The standard InChI is InChI=1S/C10H15BO3/c1-3-8-5-9(11(12)13)7-10(6-8)14-4-2/h5-7,12-13H,3-4H2,1-2H3/i1D3,3D2. The summed E-state index contributed by atoms with van der Waals surface area (Å²) in [4.78, 5) is 0. The van der Waals surface area contributed by atoms with Crippen molar-refractivity contribution in [2.24, 2.45) is 0 Å². The van der Waals surface area contributed by atoms with Crippen LogP contribution in [0, 0.1) is 0 Å². The van der Waals surface area contributed by atoms with Gasteiger partial charge in [0.2, 0.25) is 0 Å². The number of hydrogen-bond acceptors (Lipinski definition) is 3. The van der Waals surface area contributed by atoms with Crippen LogP contribution in [0.4, 0.5) is 0 Å². The van der Waals surface area contributed by atoms with Gasteiger partial charge in [-0.3, -0.25) is 0 Å². The van der Waals surface area contributed by atoms with Crippen molar-refractivity contribution < 1.29 is 21.6 Å². The third kappa shape index (κ3) is 2.75. The fraction of sp³-hybridized carbons (Fsp3) is 0.400. The molecule has 0 saturated carbocycles. The maximum absolute atomic E-state index is 9.15. The van der Waals surface area contributed by atoms with Crippen LogP contribution in [-0.2, 0) is 6.37 Å². The monoisotopic (exact) mass is 199 g/mol. The summed E-state index contributed by atoms with van der Waals surface area (Å²) in [7, 11) is -1.83. The van der Waals surface area contributed by atoms with Crippen LogP contribution in [0.15, 0.2) is 18.2 Å². The molecular weight excluding hydrogens is 179 g/mol. The third-order valence-electron chi connectivity index (χ3n) is 1.68. The lowest BCUT2D eigenvalue weighted by molar-refractivity contribution is 0.340. The van der Waals surface area contributed by atoms with Gasteiger partial charge in [0.25, 0.3) is 0 Å². The normalized spacial score (nSPS) is 17.2. The lowest BCUT2D eigenvalue weighted by atomic mass is 9.79. The minimum absolute atomic E-state index is 0.0194. The highest BCUT2D eigenvalue weighted by molar-refractivity contribution is 6.58. The highest BCUT2D eigenvalue weighted by Gasteiger charge is 2.12. The highest BCUT2D eigenvalue weighted by Crippen LogP contribution is 2.12. The molecule has 0 heterocycles. The van der Waals surface area contributed by atoms with E-state index >= 15 is 0 Å². The van der Waals surface area contributed by atoms with Gasteiger partial charge in [-0.2, -0.15) is 0 Å². The van der Waals surface area contributed by atoms with Crippen LogP contribution in [0.1, 0.15) is 26.2 Å². The molecule has 3 nitrogen and oxygen atoms in total. The van der Waals surface area contributed by atoms with Crippen LogP contribution in [0.2, 0.25) is 0 Å². The Morgan fingerprint density at radius 1 is 1.50 bits per heavy atom. The van der Waals surface area contributed by atoms with Gasteiger partial charge in [-0.15, -0.1) is 0 Å². The van der Waals surface area contributed by atoms with Crippen molar-refractivity contribution in [2.75, 3.05) is 6.61 Å². The molecule has 0 radical (unpaired) electrons. The van der Waals surface area contributed by atoms with E-state index in [4.69, 9.17) is 21.6 Å². The van der Waals surface area contributed by atoms with Crippen molar-refractivity contribution in [3.05, 3.63) is 23.8 Å². The minimum Gasteiger partial charge on any atom is -0.494 e. The summed E-state index contributed by atoms with van der Waals surface area (Å²) in [6.07, 6.45) is -2.61. The lowest BCUT2D eigenvalue weighted by Crippen LogP contribution is -2.30. The van der Waals surface area contributed by atoms with Gasteiger partial charge in [-0.25, -0.2) is 0 Å². The Labute approximate surface area is 91.5 Å². The summed E-state index contributed by atoms with van der Waals surface area (Å²) >= 11 is 0. The zero-order valence-corrected chi connectivity index (χ0v) is 7.82. The van der Waals surface area contributed by atoms with Gasteiger partial charge in [0.15, 0.2) is 0 Å². The quantitative estimate of drug-likeness (QED) is 0.687. The SMILES string of the molecule is [2H]C([2H])([2H])C([2H])([2H])c1cc(OCC)cc(B(O)O)c1. The van der Waals surface area contributed by atoms with E-state index in [0.29, 0.717) is 6.61 Å². The number of rotatable bonds is 4. The van der Waals surface area contributed by atoms with Crippen molar-refractivity contribution in [2.45, 2.75) is 20.1 Å². The van der Waals surface area contributed by atoms with Crippen molar-refractivity contribution in [3.8, 4) is 5.75 Å². The maximum Gasteiger partial charge on any atom is 0.488 e. The molecular formula is C10H15BO3. The first kappa shape index (κ1) is 5.78. The third-order valence-corrected chi connectivity index (χ3v) is 1.68. The predicted octanol–water partition coefficient (Wildman–Crippen LogP) is 0.328. The molecule has 0 bridgehead atoms. The van der Waals surface area contributed by atoms with Crippen molar-refractivity contribution in [1.82, 2.24) is 0 Å². The topological polar surface area (TPSA) is 49.7 Å². The van der Waals surface area contributed by atoms with Crippen LogP contribution in [0.3, 0.4) is 0 Å². The molecule has 2 N–H and O–H groups in total. The summed E-state index contributed by atoms with van der Waals surface area (Å²) in [5, 5.41) is 18.3. The maximum atomic E-state index is 9.15. The molecule has 1 aromatic rings. The van der Waals surface area contributed by atoms with Gasteiger partial charge in [-0.1, -0.05) is 12.9 Å². The van der Waals surface area contributed by atoms with Crippen LogP contribution in [0.5, 0.6) is 5.75 Å². The molecule has 1 rings (SSSR count). The fourth-order valence-corrected chi connectivity index (χ4v) is 1.09. The molecule has 0 aromatic heterocycles. The predicted molar refractivity (Wildman–Crippen MR) is 56.8 cm³/mol. The van der Waals surface area contributed by atoms with E-state index in [-0.39, 0.29) is 16.8 Å². The van der Waals surface area contributed by atoms with Crippen molar-refractivity contribution >= 4 is 12.6 Å². The lowest BCUT2D eigenvalue weighted by Gasteiger charge is -2.08. The number of benzene rings is 1. The molecule has 0 aliphatic heterocycles. The first-order chi connectivity index (χ1) is 8.59. The molecule has 0 amide bonds.